The van der Waals surface area contributed by atoms with Crippen molar-refractivity contribution >= 4 is 165 Å². The van der Waals surface area contributed by atoms with E-state index >= 15 is 0 Å². The number of ether oxygens (including phenoxy) is 1. The van der Waals surface area contributed by atoms with Crippen molar-refractivity contribution in [3.63, 3.8) is 0 Å². The number of hydrogen-bond donors (Lipinski definition) is 5. The van der Waals surface area contributed by atoms with E-state index in [4.69, 9.17) is 16.3 Å². The predicted octanol–water partition coefficient (Wildman–Crippen LogP) is 21.0. The van der Waals surface area contributed by atoms with E-state index in [2.05, 4.69) is 177 Å². The quantitative estimate of drug-likeness (QED) is 0.0790. The summed E-state index contributed by atoms with van der Waals surface area (Å²) in [7, 11) is 0. The number of fused-ring (bicyclic) bond motifs is 4. The van der Waals surface area contributed by atoms with Crippen LogP contribution in [0, 0.1) is 34.6 Å². The Morgan fingerprint density at radius 3 is 1.64 bits per heavy atom. The average molecular weight is 1300 g/mol. The van der Waals surface area contributed by atoms with Gasteiger partial charge in [0.15, 0.2) is 25.7 Å². The molecule has 19 heteroatoms. The Balaban J connectivity index is 0.000000124. The highest BCUT2D eigenvalue weighted by Gasteiger charge is 2.16. The Hall–Kier alpha value is -8.85. The van der Waals surface area contributed by atoms with Gasteiger partial charge < -0.3 is 36.2 Å². The standard InChI is InChI=1S/C18H14N2S.C14H11ClN2S.C14H17N3OS.C13H11N3S.C11H12N2S.CH4/c1-12-9-10-16-17(11-12)21-18(20-16)19-15-8-4-6-13-5-2-3-7-14(13)15;1-9-8-18-14(16-9)17-13-7-6-12(15)10-4-2-3-5-11(10)13;1-11-10-19-14(15-11)16-12-4-2-3-5-13(12)17-6-8-18-9-7-17;1-9-8-17-13(15-9)16-12-6-2-5-11-10(12)4-3-7-14-11;1-9-8-14-11(13-9)12-7-10-5-3-2-4-6-10;/h2-11H,1H3,(H,19,20);2-8H,1H3,(H,16,17);2-5,10H,6-9H2,1H3,(H,15,16);2-8H,1H3,(H,15,16);2-6,8H,7H2,1H3,(H,12,13);1H4. The van der Waals surface area contributed by atoms with Gasteiger partial charge in [-0.2, -0.15) is 0 Å². The van der Waals surface area contributed by atoms with Crippen LogP contribution in [-0.4, -0.2) is 56.2 Å². The lowest BCUT2D eigenvalue weighted by molar-refractivity contribution is 0.123. The summed E-state index contributed by atoms with van der Waals surface area (Å²) in [5.41, 5.74) is 14.3. The van der Waals surface area contributed by atoms with Crippen molar-refractivity contribution < 1.29 is 4.74 Å². The summed E-state index contributed by atoms with van der Waals surface area (Å²) in [6.07, 6.45) is 1.81. The first-order chi connectivity index (χ1) is 43.5. The number of rotatable bonds is 12. The fourth-order valence-electron chi connectivity index (χ4n) is 9.57. The molecule has 0 bridgehead atoms. The molecule has 8 aromatic carbocycles. The Kier molecular flexibility index (Phi) is 22.5. The molecule has 0 spiro atoms. The molecule has 1 saturated heterocycles. The number of thiazole rings is 5. The van der Waals surface area contributed by atoms with Gasteiger partial charge in [0.2, 0.25) is 0 Å². The minimum atomic E-state index is 0. The number of aryl methyl sites for hydroxylation is 5. The molecule has 90 heavy (non-hydrogen) atoms. The number of hydrogen-bond acceptors (Lipinski definition) is 18. The van der Waals surface area contributed by atoms with Crippen LogP contribution in [-0.2, 0) is 11.3 Å². The van der Waals surface area contributed by atoms with Crippen molar-refractivity contribution in [1.82, 2.24) is 29.9 Å². The lowest BCUT2D eigenvalue weighted by Gasteiger charge is -2.30. The molecule has 1 aliphatic rings. The lowest BCUT2D eigenvalue weighted by atomic mass is 10.1. The Labute approximate surface area is 550 Å². The third-order valence-electron chi connectivity index (χ3n) is 13.8. The molecule has 15 rings (SSSR count). The van der Waals surface area contributed by atoms with E-state index in [0.29, 0.717) is 0 Å². The van der Waals surface area contributed by atoms with Gasteiger partial charge in [-0.1, -0.05) is 146 Å². The number of para-hydroxylation sites is 2. The molecule has 456 valence electrons. The Morgan fingerprint density at radius 1 is 0.456 bits per heavy atom. The van der Waals surface area contributed by atoms with Crippen molar-refractivity contribution in [2.24, 2.45) is 0 Å². The SMILES string of the molecule is C.Cc1ccc2nc(Nc3cccc4ccccc34)sc2c1.Cc1csc(NCc2ccccc2)n1.Cc1csc(Nc2ccc(Cl)c3ccccc23)n1.Cc1csc(Nc2cccc3ncccc23)n1.Cc1csc(Nc2ccccc2N2CCOCC2)n1. The van der Waals surface area contributed by atoms with Crippen LogP contribution in [0.2, 0.25) is 5.02 Å². The van der Waals surface area contributed by atoms with Crippen LogP contribution in [0.1, 0.15) is 41.3 Å². The van der Waals surface area contributed by atoms with Crippen molar-refractivity contribution in [1.29, 1.82) is 0 Å². The zero-order valence-electron chi connectivity index (χ0n) is 49.7. The lowest BCUT2D eigenvalue weighted by Crippen LogP contribution is -2.36. The molecule has 6 aromatic heterocycles. The number of aromatic nitrogens is 6. The normalized spacial score (nSPS) is 11.6. The van der Waals surface area contributed by atoms with E-state index in [1.54, 1.807) is 62.9 Å². The maximum absolute atomic E-state index is 6.20. The second kappa shape index (κ2) is 31.6. The Morgan fingerprint density at radius 2 is 0.978 bits per heavy atom. The molecule has 1 aliphatic heterocycles. The highest BCUT2D eigenvalue weighted by atomic mass is 35.5. The zero-order valence-corrected chi connectivity index (χ0v) is 54.5. The van der Waals surface area contributed by atoms with Crippen molar-refractivity contribution in [3.8, 4) is 0 Å². The van der Waals surface area contributed by atoms with Gasteiger partial charge in [-0.25, -0.2) is 24.9 Å². The van der Waals surface area contributed by atoms with E-state index in [0.717, 1.165) is 136 Å². The van der Waals surface area contributed by atoms with E-state index < -0.39 is 0 Å². The van der Waals surface area contributed by atoms with Crippen LogP contribution in [0.25, 0.3) is 42.7 Å². The molecule has 0 radical (unpaired) electrons. The summed E-state index contributed by atoms with van der Waals surface area (Å²) >= 11 is 14.4. The van der Waals surface area contributed by atoms with Gasteiger partial charge in [-0.15, -0.1) is 45.3 Å². The average Bonchev–Trinajstić information content (AvgIpc) is 1.75. The minimum Gasteiger partial charge on any atom is -0.378 e. The van der Waals surface area contributed by atoms with Crippen molar-refractivity contribution in [2.75, 3.05) is 57.8 Å². The largest absolute Gasteiger partial charge is 0.378 e. The van der Waals surface area contributed by atoms with Gasteiger partial charge in [0.05, 0.1) is 63.1 Å². The van der Waals surface area contributed by atoms with Gasteiger partial charge in [0, 0.05) is 91.0 Å². The second-order valence-electron chi connectivity index (χ2n) is 20.7. The molecule has 0 atom stereocenters. The third-order valence-corrected chi connectivity index (χ3v) is 18.6. The van der Waals surface area contributed by atoms with E-state index in [9.17, 15) is 0 Å². The summed E-state index contributed by atoms with van der Waals surface area (Å²) < 4.78 is 6.63. The van der Waals surface area contributed by atoms with Gasteiger partial charge >= 0.3 is 0 Å². The fraction of sp³-hybridized carbons (Fsp3) is 0.155. The summed E-state index contributed by atoms with van der Waals surface area (Å²) in [6.45, 7) is 14.4. The van der Waals surface area contributed by atoms with Crippen LogP contribution in [0.5, 0.6) is 0 Å². The first-order valence-corrected chi connectivity index (χ1v) is 33.6. The zero-order chi connectivity index (χ0) is 61.3. The molecule has 0 saturated carbocycles. The van der Waals surface area contributed by atoms with Crippen LogP contribution in [0.3, 0.4) is 0 Å². The molecule has 7 heterocycles. The van der Waals surface area contributed by atoms with Crippen LogP contribution < -0.4 is 31.5 Å². The van der Waals surface area contributed by atoms with E-state index in [1.165, 1.54) is 32.3 Å². The first kappa shape index (κ1) is 64.1. The summed E-state index contributed by atoms with van der Waals surface area (Å²) in [5, 5.41) is 36.2. The molecule has 0 amide bonds. The van der Waals surface area contributed by atoms with Gasteiger partial charge in [0.1, 0.15) is 0 Å². The van der Waals surface area contributed by atoms with Crippen LogP contribution in [0.15, 0.2) is 210 Å². The topological polar surface area (TPSA) is 150 Å². The fourth-order valence-corrected chi connectivity index (χ4v) is 13.6. The molecular formula is C71H69ClN12OS5. The summed E-state index contributed by atoms with van der Waals surface area (Å²) in [4.78, 5) is 28.9. The van der Waals surface area contributed by atoms with E-state index in [1.807, 2.05) is 123 Å². The number of morpholine rings is 1. The highest BCUT2D eigenvalue weighted by molar-refractivity contribution is 7.22. The molecule has 0 unspecified atom stereocenters. The van der Waals surface area contributed by atoms with Gasteiger partial charge in [0.25, 0.3) is 0 Å². The number of pyridine rings is 1. The first-order valence-electron chi connectivity index (χ1n) is 28.9. The maximum Gasteiger partial charge on any atom is 0.188 e. The third kappa shape index (κ3) is 17.5. The predicted molar refractivity (Wildman–Crippen MR) is 390 cm³/mol. The van der Waals surface area contributed by atoms with Gasteiger partial charge in [-0.3, -0.25) is 4.98 Å². The number of anilines is 10. The molecule has 5 N–H and O–H groups in total. The van der Waals surface area contributed by atoms with Gasteiger partial charge in [-0.05, 0) is 118 Å². The molecule has 13 nitrogen and oxygen atoms in total. The van der Waals surface area contributed by atoms with E-state index in [-0.39, 0.29) is 7.43 Å². The summed E-state index contributed by atoms with van der Waals surface area (Å²) in [5.74, 6) is 0. The van der Waals surface area contributed by atoms with Crippen LogP contribution >= 0.6 is 68.3 Å². The van der Waals surface area contributed by atoms with Crippen LogP contribution in [0.4, 0.5) is 54.1 Å². The maximum atomic E-state index is 6.20. The van der Waals surface area contributed by atoms with Crippen molar-refractivity contribution in [2.45, 2.75) is 48.6 Å². The minimum absolute atomic E-state index is 0. The summed E-state index contributed by atoms with van der Waals surface area (Å²) in [6, 6.07) is 61.8. The van der Waals surface area contributed by atoms with Crippen molar-refractivity contribution in [3.05, 3.63) is 249 Å². The number of benzene rings is 8. The monoisotopic (exact) mass is 1300 g/mol. The molecular weight excluding hydrogens is 1230 g/mol. The number of nitrogens with one attached hydrogen (secondary N) is 5. The highest BCUT2D eigenvalue weighted by Crippen LogP contribution is 2.35. The molecule has 0 aliphatic carbocycles. The smallest absolute Gasteiger partial charge is 0.188 e. The number of nitrogens with zero attached hydrogens (tertiary/aromatic N) is 7. The second-order valence-corrected chi connectivity index (χ2v) is 25.5. The molecule has 14 aromatic rings. The Bertz CT molecular complexity index is 4570. The molecule has 1 fully saturated rings. The number of halogens is 1.